The Morgan fingerprint density at radius 1 is 1.33 bits per heavy atom. The highest BCUT2D eigenvalue weighted by Gasteiger charge is 2.34. The molecule has 2 N–H and O–H groups in total. The highest BCUT2D eigenvalue weighted by Crippen LogP contribution is 2.35. The molecule has 0 radical (unpaired) electrons. The first-order chi connectivity index (χ1) is 8.66. The molecule has 98 valence electrons. The maximum atomic E-state index is 10.1. The second-order valence-corrected chi connectivity index (χ2v) is 5.29. The fraction of sp³-hybridized carbons (Fsp3) is 0.571. The summed E-state index contributed by atoms with van der Waals surface area (Å²) in [4.78, 5) is 0. The van der Waals surface area contributed by atoms with Gasteiger partial charge in [-0.3, -0.25) is 0 Å². The number of nitrogens with one attached hydrogen (secondary N) is 1. The maximum absolute atomic E-state index is 10.1. The molecule has 1 aliphatic carbocycles. The van der Waals surface area contributed by atoms with Gasteiger partial charge in [-0.25, -0.2) is 0 Å². The summed E-state index contributed by atoms with van der Waals surface area (Å²) < 4.78 is 10.7. The predicted octanol–water partition coefficient (Wildman–Crippen LogP) is 1.98. The predicted molar refractivity (Wildman–Crippen MR) is 67.8 cm³/mol. The molecule has 1 aromatic rings. The Labute approximate surface area is 107 Å². The Morgan fingerprint density at radius 2 is 2.11 bits per heavy atom. The van der Waals surface area contributed by atoms with Crippen molar-refractivity contribution in [3.05, 3.63) is 23.8 Å². The van der Waals surface area contributed by atoms with Crippen LogP contribution in [0.4, 0.5) is 0 Å². The summed E-state index contributed by atoms with van der Waals surface area (Å²) in [6.45, 7) is 3.06. The van der Waals surface area contributed by atoms with Crippen molar-refractivity contribution in [1.82, 2.24) is 5.32 Å². The van der Waals surface area contributed by atoms with Gasteiger partial charge < -0.3 is 19.9 Å². The van der Waals surface area contributed by atoms with Crippen LogP contribution in [0.5, 0.6) is 11.5 Å². The maximum Gasteiger partial charge on any atom is 0.231 e. The lowest BCUT2D eigenvalue weighted by Crippen LogP contribution is -2.46. The third-order valence-electron chi connectivity index (χ3n) is 3.92. The Balaban J connectivity index is 1.63. The van der Waals surface area contributed by atoms with Crippen molar-refractivity contribution in [2.24, 2.45) is 0 Å². The molecule has 0 spiro atoms. The highest BCUT2D eigenvalue weighted by atomic mass is 16.7. The van der Waals surface area contributed by atoms with Crippen LogP contribution in [-0.2, 0) is 0 Å². The first-order valence-electron chi connectivity index (χ1n) is 6.52. The van der Waals surface area contributed by atoms with Crippen LogP contribution in [0, 0.1) is 0 Å². The smallest absolute Gasteiger partial charge is 0.231 e. The van der Waals surface area contributed by atoms with Gasteiger partial charge in [-0.05, 0) is 43.9 Å². The monoisotopic (exact) mass is 249 g/mol. The van der Waals surface area contributed by atoms with Gasteiger partial charge in [-0.1, -0.05) is 6.07 Å². The second-order valence-electron chi connectivity index (χ2n) is 5.29. The summed E-state index contributed by atoms with van der Waals surface area (Å²) >= 11 is 0. The molecule has 1 saturated carbocycles. The molecular formula is C14H19NO3. The van der Waals surface area contributed by atoms with E-state index in [9.17, 15) is 5.11 Å². The van der Waals surface area contributed by atoms with E-state index < -0.39 is 5.60 Å². The summed E-state index contributed by atoms with van der Waals surface area (Å²) in [5, 5.41) is 13.4. The lowest BCUT2D eigenvalue weighted by molar-refractivity contribution is -0.0329. The van der Waals surface area contributed by atoms with Gasteiger partial charge >= 0.3 is 0 Å². The van der Waals surface area contributed by atoms with E-state index in [1.807, 2.05) is 18.2 Å². The molecule has 1 fully saturated rings. The Morgan fingerprint density at radius 3 is 2.83 bits per heavy atom. The molecule has 3 rings (SSSR count). The van der Waals surface area contributed by atoms with Crippen molar-refractivity contribution in [2.75, 3.05) is 13.3 Å². The molecule has 0 bridgehead atoms. The summed E-state index contributed by atoms with van der Waals surface area (Å²) in [7, 11) is 0. The van der Waals surface area contributed by atoms with Crippen LogP contribution in [0.25, 0.3) is 0 Å². The number of hydrogen-bond acceptors (Lipinski definition) is 4. The molecule has 1 aromatic carbocycles. The van der Waals surface area contributed by atoms with Crippen molar-refractivity contribution in [3.63, 3.8) is 0 Å². The molecule has 1 unspecified atom stereocenters. The van der Waals surface area contributed by atoms with Gasteiger partial charge in [0.1, 0.15) is 0 Å². The van der Waals surface area contributed by atoms with Gasteiger partial charge in [-0.15, -0.1) is 0 Å². The van der Waals surface area contributed by atoms with Crippen LogP contribution in [-0.4, -0.2) is 24.0 Å². The minimum atomic E-state index is -0.482. The van der Waals surface area contributed by atoms with E-state index in [1.165, 1.54) is 0 Å². The van der Waals surface area contributed by atoms with Crippen molar-refractivity contribution in [1.29, 1.82) is 0 Å². The standard InChI is InChI=1S/C14H19NO3/c1-10(15-8-14(16)5-2-6-14)11-3-4-12-13(7-11)18-9-17-12/h3-4,7,10,15-16H,2,5-6,8-9H2,1H3. The minimum Gasteiger partial charge on any atom is -0.454 e. The number of benzene rings is 1. The van der Waals surface area contributed by atoms with Crippen LogP contribution < -0.4 is 14.8 Å². The largest absolute Gasteiger partial charge is 0.454 e. The summed E-state index contributed by atoms with van der Waals surface area (Å²) in [6.07, 6.45) is 2.96. The molecule has 0 amide bonds. The average Bonchev–Trinajstić information content (AvgIpc) is 2.80. The van der Waals surface area contributed by atoms with Crippen LogP contribution >= 0.6 is 0 Å². The van der Waals surface area contributed by atoms with E-state index in [2.05, 4.69) is 12.2 Å². The summed E-state index contributed by atoms with van der Waals surface area (Å²) in [5.41, 5.74) is 0.673. The zero-order valence-corrected chi connectivity index (χ0v) is 10.6. The number of aliphatic hydroxyl groups is 1. The quantitative estimate of drug-likeness (QED) is 0.856. The lowest BCUT2D eigenvalue weighted by atomic mass is 9.80. The third kappa shape index (κ3) is 2.18. The number of rotatable bonds is 4. The van der Waals surface area contributed by atoms with E-state index in [4.69, 9.17) is 9.47 Å². The van der Waals surface area contributed by atoms with E-state index >= 15 is 0 Å². The van der Waals surface area contributed by atoms with Gasteiger partial charge in [0, 0.05) is 12.6 Å². The Hall–Kier alpha value is -1.26. The third-order valence-corrected chi connectivity index (χ3v) is 3.92. The minimum absolute atomic E-state index is 0.198. The molecule has 1 atom stereocenters. The van der Waals surface area contributed by atoms with Gasteiger partial charge in [0.15, 0.2) is 11.5 Å². The van der Waals surface area contributed by atoms with E-state index in [0.29, 0.717) is 13.3 Å². The fourth-order valence-corrected chi connectivity index (χ4v) is 2.41. The summed E-state index contributed by atoms with van der Waals surface area (Å²) in [6, 6.07) is 6.18. The Bertz CT molecular complexity index is 443. The normalized spacial score (nSPS) is 21.4. The van der Waals surface area contributed by atoms with Gasteiger partial charge in [0.2, 0.25) is 6.79 Å². The van der Waals surface area contributed by atoms with Crippen molar-refractivity contribution in [3.8, 4) is 11.5 Å². The highest BCUT2D eigenvalue weighted by molar-refractivity contribution is 5.45. The molecule has 1 heterocycles. The van der Waals surface area contributed by atoms with Crippen LogP contribution in [0.1, 0.15) is 37.8 Å². The van der Waals surface area contributed by atoms with Crippen molar-refractivity contribution < 1.29 is 14.6 Å². The van der Waals surface area contributed by atoms with E-state index in [0.717, 1.165) is 36.3 Å². The number of ether oxygens (including phenoxy) is 2. The number of hydrogen-bond donors (Lipinski definition) is 2. The zero-order chi connectivity index (χ0) is 12.6. The molecule has 0 aromatic heterocycles. The molecule has 4 nitrogen and oxygen atoms in total. The SMILES string of the molecule is CC(NCC1(O)CCC1)c1ccc2c(c1)OCO2. The molecular weight excluding hydrogens is 230 g/mol. The molecule has 0 saturated heterocycles. The molecule has 4 heteroatoms. The number of fused-ring (bicyclic) bond motifs is 1. The summed E-state index contributed by atoms with van der Waals surface area (Å²) in [5.74, 6) is 1.62. The van der Waals surface area contributed by atoms with Crippen molar-refractivity contribution >= 4 is 0 Å². The van der Waals surface area contributed by atoms with E-state index in [1.54, 1.807) is 0 Å². The van der Waals surface area contributed by atoms with Gasteiger partial charge in [0.25, 0.3) is 0 Å². The van der Waals surface area contributed by atoms with Crippen LogP contribution in [0.2, 0.25) is 0 Å². The van der Waals surface area contributed by atoms with Gasteiger partial charge in [-0.2, -0.15) is 0 Å². The molecule has 18 heavy (non-hydrogen) atoms. The second kappa shape index (κ2) is 4.44. The van der Waals surface area contributed by atoms with Crippen molar-refractivity contribution in [2.45, 2.75) is 37.8 Å². The Kier molecular flexibility index (Phi) is 2.92. The molecule has 2 aliphatic rings. The fourth-order valence-electron chi connectivity index (χ4n) is 2.41. The first-order valence-corrected chi connectivity index (χ1v) is 6.52. The zero-order valence-electron chi connectivity index (χ0n) is 10.6. The topological polar surface area (TPSA) is 50.7 Å². The van der Waals surface area contributed by atoms with Crippen LogP contribution in [0.3, 0.4) is 0 Å². The van der Waals surface area contributed by atoms with Crippen LogP contribution in [0.15, 0.2) is 18.2 Å². The van der Waals surface area contributed by atoms with Gasteiger partial charge in [0.05, 0.1) is 5.60 Å². The average molecular weight is 249 g/mol. The lowest BCUT2D eigenvalue weighted by Gasteiger charge is -2.37. The first kappa shape index (κ1) is 11.8. The van der Waals surface area contributed by atoms with E-state index in [-0.39, 0.29) is 6.04 Å². The molecule has 1 aliphatic heterocycles.